The monoisotopic (exact) mass is 357 g/mol. The number of thiophene rings is 1. The van der Waals surface area contributed by atoms with Crippen LogP contribution in [0.25, 0.3) is 0 Å². The molecule has 25 heavy (non-hydrogen) atoms. The summed E-state index contributed by atoms with van der Waals surface area (Å²) in [6.45, 7) is 7.16. The fourth-order valence-electron chi connectivity index (χ4n) is 3.61. The van der Waals surface area contributed by atoms with Crippen LogP contribution in [0, 0.1) is 11.3 Å². The molecule has 1 unspecified atom stereocenters. The van der Waals surface area contributed by atoms with Crippen molar-refractivity contribution in [1.29, 1.82) is 0 Å². The van der Waals surface area contributed by atoms with Gasteiger partial charge >= 0.3 is 0 Å². The molecule has 2 heterocycles. The van der Waals surface area contributed by atoms with Crippen molar-refractivity contribution in [2.75, 3.05) is 12.1 Å². The van der Waals surface area contributed by atoms with Gasteiger partial charge in [-0.15, -0.1) is 11.3 Å². The Balaban J connectivity index is 1.52. The van der Waals surface area contributed by atoms with Crippen molar-refractivity contribution >= 4 is 22.9 Å². The number of hydrogen-bond donors (Lipinski definition) is 1. The van der Waals surface area contributed by atoms with Gasteiger partial charge in [-0.3, -0.25) is 4.79 Å². The predicted octanol–water partition coefficient (Wildman–Crippen LogP) is 4.88. The lowest BCUT2D eigenvalue weighted by molar-refractivity contribution is 0.102. The molecule has 1 aromatic carbocycles. The zero-order valence-electron chi connectivity index (χ0n) is 14.8. The normalized spacial score (nSPS) is 18.8. The fourth-order valence-corrected chi connectivity index (χ4v) is 4.78. The topological polar surface area (TPSA) is 47.6 Å². The van der Waals surface area contributed by atoms with Crippen LogP contribution in [0.2, 0.25) is 0 Å². The van der Waals surface area contributed by atoms with E-state index in [-0.39, 0.29) is 12.7 Å². The van der Waals surface area contributed by atoms with Crippen LogP contribution in [-0.4, -0.2) is 12.7 Å². The molecule has 2 aliphatic rings. The van der Waals surface area contributed by atoms with E-state index in [9.17, 15) is 4.79 Å². The summed E-state index contributed by atoms with van der Waals surface area (Å²) >= 11 is 1.73. The van der Waals surface area contributed by atoms with Crippen LogP contribution in [0.4, 0.5) is 5.69 Å². The van der Waals surface area contributed by atoms with E-state index in [4.69, 9.17) is 9.47 Å². The lowest BCUT2D eigenvalue weighted by Gasteiger charge is -2.34. The molecule has 2 aromatic rings. The SMILES string of the molecule is CC(C)(C)C1CCc2c(C(=O)Nc3ccc4c(c3)OCO4)csc2C1. The van der Waals surface area contributed by atoms with E-state index in [2.05, 4.69) is 26.1 Å². The van der Waals surface area contributed by atoms with Crippen LogP contribution in [-0.2, 0) is 12.8 Å². The minimum absolute atomic E-state index is 0.0365. The molecule has 1 aromatic heterocycles. The molecule has 1 amide bonds. The molecular formula is C20H23NO3S. The van der Waals surface area contributed by atoms with Crippen molar-refractivity contribution in [3.05, 3.63) is 39.6 Å². The number of hydrogen-bond acceptors (Lipinski definition) is 4. The number of fused-ring (bicyclic) bond motifs is 2. The van der Waals surface area contributed by atoms with E-state index in [0.29, 0.717) is 17.1 Å². The molecule has 1 N–H and O–H groups in total. The number of amides is 1. The van der Waals surface area contributed by atoms with Crippen molar-refractivity contribution in [3.8, 4) is 11.5 Å². The first-order valence-electron chi connectivity index (χ1n) is 8.72. The predicted molar refractivity (Wildman–Crippen MR) is 99.8 cm³/mol. The lowest BCUT2D eigenvalue weighted by Crippen LogP contribution is -2.27. The summed E-state index contributed by atoms with van der Waals surface area (Å²) in [5, 5.41) is 5.01. The fraction of sp³-hybridized carbons (Fsp3) is 0.450. The molecule has 1 aliphatic carbocycles. The number of carbonyl (C=O) groups is 1. The van der Waals surface area contributed by atoms with Gasteiger partial charge in [0.1, 0.15) is 0 Å². The lowest BCUT2D eigenvalue weighted by atomic mass is 9.72. The van der Waals surface area contributed by atoms with E-state index >= 15 is 0 Å². The second-order valence-electron chi connectivity index (χ2n) is 7.88. The zero-order chi connectivity index (χ0) is 17.6. The average Bonchev–Trinajstić information content (AvgIpc) is 3.19. The number of nitrogens with one attached hydrogen (secondary N) is 1. The first kappa shape index (κ1) is 16.5. The Kier molecular flexibility index (Phi) is 3.99. The number of ether oxygens (including phenoxy) is 2. The summed E-state index contributed by atoms with van der Waals surface area (Å²) in [4.78, 5) is 14.1. The maximum atomic E-state index is 12.7. The van der Waals surface area contributed by atoms with Gasteiger partial charge in [0, 0.05) is 22.0 Å². The third-order valence-electron chi connectivity index (χ3n) is 5.26. The van der Waals surface area contributed by atoms with Crippen molar-refractivity contribution in [1.82, 2.24) is 0 Å². The zero-order valence-corrected chi connectivity index (χ0v) is 15.7. The van der Waals surface area contributed by atoms with Crippen molar-refractivity contribution in [2.45, 2.75) is 40.0 Å². The Bertz CT molecular complexity index is 819. The molecule has 0 spiro atoms. The first-order valence-corrected chi connectivity index (χ1v) is 9.60. The summed E-state index contributed by atoms with van der Waals surface area (Å²) in [6.07, 6.45) is 3.23. The summed E-state index contributed by atoms with van der Waals surface area (Å²) in [7, 11) is 0. The first-order chi connectivity index (χ1) is 11.9. The second kappa shape index (κ2) is 6.06. The van der Waals surface area contributed by atoms with Crippen LogP contribution in [0.1, 0.15) is 48.0 Å². The van der Waals surface area contributed by atoms with E-state index in [1.54, 1.807) is 11.3 Å². The largest absolute Gasteiger partial charge is 0.454 e. The summed E-state index contributed by atoms with van der Waals surface area (Å²) in [5.74, 6) is 2.05. The molecule has 132 valence electrons. The molecular weight excluding hydrogens is 334 g/mol. The van der Waals surface area contributed by atoms with Gasteiger partial charge in [0.15, 0.2) is 11.5 Å². The van der Waals surface area contributed by atoms with E-state index in [0.717, 1.165) is 36.3 Å². The minimum Gasteiger partial charge on any atom is -0.454 e. The number of benzene rings is 1. The highest BCUT2D eigenvalue weighted by molar-refractivity contribution is 7.10. The standard InChI is InChI=1S/C20H23NO3S/c1-20(2,3)12-4-6-14-15(10-25-18(14)8-12)19(22)21-13-5-7-16-17(9-13)24-11-23-16/h5,7,9-10,12H,4,6,8,11H2,1-3H3,(H,21,22). The van der Waals surface area contributed by atoms with Gasteiger partial charge in [-0.2, -0.15) is 0 Å². The molecule has 1 aliphatic heterocycles. The van der Waals surface area contributed by atoms with Crippen molar-refractivity contribution in [3.63, 3.8) is 0 Å². The molecule has 0 fully saturated rings. The van der Waals surface area contributed by atoms with Gasteiger partial charge in [-0.1, -0.05) is 20.8 Å². The molecule has 0 saturated heterocycles. The molecule has 0 saturated carbocycles. The van der Waals surface area contributed by atoms with Gasteiger partial charge in [0.05, 0.1) is 5.56 Å². The Morgan fingerprint density at radius 1 is 1.24 bits per heavy atom. The Morgan fingerprint density at radius 3 is 2.84 bits per heavy atom. The van der Waals surface area contributed by atoms with Gasteiger partial charge < -0.3 is 14.8 Å². The number of carbonyl (C=O) groups excluding carboxylic acids is 1. The molecule has 1 atom stereocenters. The molecule has 0 radical (unpaired) electrons. The summed E-state index contributed by atoms with van der Waals surface area (Å²) in [6, 6.07) is 5.49. The van der Waals surface area contributed by atoms with Crippen LogP contribution in [0.3, 0.4) is 0 Å². The average molecular weight is 357 g/mol. The maximum absolute atomic E-state index is 12.7. The van der Waals surface area contributed by atoms with Gasteiger partial charge in [-0.05, 0) is 48.3 Å². The van der Waals surface area contributed by atoms with Crippen molar-refractivity contribution in [2.24, 2.45) is 11.3 Å². The van der Waals surface area contributed by atoms with Crippen molar-refractivity contribution < 1.29 is 14.3 Å². The number of anilines is 1. The van der Waals surface area contributed by atoms with Gasteiger partial charge in [-0.25, -0.2) is 0 Å². The maximum Gasteiger partial charge on any atom is 0.256 e. The van der Waals surface area contributed by atoms with E-state index in [1.165, 1.54) is 10.4 Å². The third kappa shape index (κ3) is 3.13. The molecule has 0 bridgehead atoms. The third-order valence-corrected chi connectivity index (χ3v) is 6.31. The number of rotatable bonds is 2. The van der Waals surface area contributed by atoms with Gasteiger partial charge in [0.25, 0.3) is 5.91 Å². The minimum atomic E-state index is -0.0365. The van der Waals surface area contributed by atoms with Gasteiger partial charge in [0.2, 0.25) is 6.79 Å². The Labute approximate surface area is 152 Å². The summed E-state index contributed by atoms with van der Waals surface area (Å²) in [5.41, 5.74) is 3.11. The smallest absolute Gasteiger partial charge is 0.256 e. The van der Waals surface area contributed by atoms with Crippen LogP contribution in [0.15, 0.2) is 23.6 Å². The Morgan fingerprint density at radius 2 is 2.04 bits per heavy atom. The highest BCUT2D eigenvalue weighted by Crippen LogP contribution is 2.41. The van der Waals surface area contributed by atoms with Crippen LogP contribution in [0.5, 0.6) is 11.5 Å². The molecule has 4 rings (SSSR count). The van der Waals surface area contributed by atoms with E-state index < -0.39 is 0 Å². The Hall–Kier alpha value is -2.01. The summed E-state index contributed by atoms with van der Waals surface area (Å²) < 4.78 is 10.7. The van der Waals surface area contributed by atoms with E-state index in [1.807, 2.05) is 23.6 Å². The highest BCUT2D eigenvalue weighted by Gasteiger charge is 2.31. The second-order valence-corrected chi connectivity index (χ2v) is 8.84. The highest BCUT2D eigenvalue weighted by atomic mass is 32.1. The molecule has 5 heteroatoms. The molecule has 4 nitrogen and oxygen atoms in total. The quantitative estimate of drug-likeness (QED) is 0.833. The van der Waals surface area contributed by atoms with Crippen LogP contribution < -0.4 is 14.8 Å². The van der Waals surface area contributed by atoms with Crippen LogP contribution >= 0.6 is 11.3 Å².